The number of fused-ring (bicyclic) bond motifs is 1. The van der Waals surface area contributed by atoms with Gasteiger partial charge >= 0.3 is 5.91 Å². The Morgan fingerprint density at radius 1 is 1.06 bits per heavy atom. The minimum Gasteiger partial charge on any atom is -0.507 e. The summed E-state index contributed by atoms with van der Waals surface area (Å²) < 4.78 is 6.15. The second kappa shape index (κ2) is 9.00. The van der Waals surface area contributed by atoms with E-state index >= 15 is 0 Å². The highest BCUT2D eigenvalue weighted by Gasteiger charge is 2.48. The van der Waals surface area contributed by atoms with Gasteiger partial charge in [-0.15, -0.1) is 0 Å². The summed E-state index contributed by atoms with van der Waals surface area (Å²) in [4.78, 5) is 32.8. The molecule has 176 valence electrons. The van der Waals surface area contributed by atoms with Crippen LogP contribution in [0.15, 0.2) is 72.3 Å². The molecule has 1 atom stereocenters. The molecule has 0 bridgehead atoms. The smallest absolute Gasteiger partial charge is 0.301 e. The number of hydrogen-bond acceptors (Lipinski definition) is 6. The van der Waals surface area contributed by atoms with Crippen molar-refractivity contribution >= 4 is 44.1 Å². The second-order valence-corrected chi connectivity index (χ2v) is 9.47. The van der Waals surface area contributed by atoms with Gasteiger partial charge in [0.1, 0.15) is 11.5 Å². The summed E-state index contributed by atoms with van der Waals surface area (Å²) in [6.45, 7) is 4.01. The topological polar surface area (TPSA) is 79.7 Å². The van der Waals surface area contributed by atoms with E-state index in [9.17, 15) is 14.7 Å². The molecule has 5 rings (SSSR count). The van der Waals surface area contributed by atoms with Crippen LogP contribution in [0.3, 0.4) is 0 Å². The fourth-order valence-corrected chi connectivity index (χ4v) is 5.29. The number of amides is 1. The van der Waals surface area contributed by atoms with Crippen LogP contribution in [0.4, 0.5) is 5.13 Å². The number of carbonyl (C=O) groups excluding carboxylic acids is 2. The number of aryl methyl sites for hydroxylation is 2. The predicted molar refractivity (Wildman–Crippen MR) is 138 cm³/mol. The Kier molecular flexibility index (Phi) is 5.86. The molecule has 1 unspecified atom stereocenters. The van der Waals surface area contributed by atoms with Crippen LogP contribution >= 0.6 is 11.3 Å². The molecule has 3 aromatic carbocycles. The molecule has 0 aliphatic carbocycles. The van der Waals surface area contributed by atoms with Crippen molar-refractivity contribution in [1.29, 1.82) is 0 Å². The van der Waals surface area contributed by atoms with Crippen molar-refractivity contribution in [2.75, 3.05) is 12.0 Å². The third kappa shape index (κ3) is 3.98. The first-order valence-electron chi connectivity index (χ1n) is 11.3. The molecule has 1 aromatic heterocycles. The van der Waals surface area contributed by atoms with Crippen molar-refractivity contribution in [3.05, 3.63) is 94.6 Å². The normalized spacial score (nSPS) is 17.3. The summed E-state index contributed by atoms with van der Waals surface area (Å²) in [5, 5.41) is 11.6. The molecule has 0 radical (unpaired) electrons. The fraction of sp³-hybridized carbons (Fsp3) is 0.179. The van der Waals surface area contributed by atoms with Crippen molar-refractivity contribution in [3.63, 3.8) is 0 Å². The van der Waals surface area contributed by atoms with E-state index in [1.807, 2.05) is 55.5 Å². The average Bonchev–Trinajstić information content (AvgIpc) is 3.41. The van der Waals surface area contributed by atoms with Crippen LogP contribution in [-0.2, 0) is 16.0 Å². The third-order valence-corrected chi connectivity index (χ3v) is 7.28. The van der Waals surface area contributed by atoms with Gasteiger partial charge < -0.3 is 9.84 Å². The summed E-state index contributed by atoms with van der Waals surface area (Å²) in [5.74, 6) is -0.960. The highest BCUT2D eigenvalue weighted by molar-refractivity contribution is 7.22. The van der Waals surface area contributed by atoms with Gasteiger partial charge in [0.05, 0.1) is 28.9 Å². The number of carbonyl (C=O) groups is 2. The van der Waals surface area contributed by atoms with E-state index in [1.165, 1.54) is 16.2 Å². The van der Waals surface area contributed by atoms with Gasteiger partial charge in [-0.05, 0) is 42.7 Å². The number of hydrogen-bond donors (Lipinski definition) is 1. The fourth-order valence-electron chi connectivity index (χ4n) is 4.27. The molecule has 0 saturated carbocycles. The molecule has 35 heavy (non-hydrogen) atoms. The van der Waals surface area contributed by atoms with Gasteiger partial charge in [-0.25, -0.2) is 4.98 Å². The van der Waals surface area contributed by atoms with Crippen molar-refractivity contribution in [3.8, 4) is 5.75 Å². The molecule has 1 aliphatic heterocycles. The number of ketones is 1. The van der Waals surface area contributed by atoms with Crippen LogP contribution in [0, 0.1) is 6.92 Å². The zero-order valence-corrected chi connectivity index (χ0v) is 20.4. The molecule has 0 spiro atoms. The van der Waals surface area contributed by atoms with Crippen LogP contribution < -0.4 is 9.64 Å². The molecule has 1 saturated heterocycles. The van der Waals surface area contributed by atoms with Crippen molar-refractivity contribution in [1.82, 2.24) is 4.98 Å². The van der Waals surface area contributed by atoms with Crippen molar-refractivity contribution in [2.45, 2.75) is 26.3 Å². The Balaban J connectivity index is 1.70. The Morgan fingerprint density at radius 2 is 1.77 bits per heavy atom. The van der Waals surface area contributed by atoms with Crippen LogP contribution in [-0.4, -0.2) is 28.9 Å². The highest BCUT2D eigenvalue weighted by atomic mass is 32.1. The first kappa shape index (κ1) is 22.8. The minimum absolute atomic E-state index is 0.0555. The van der Waals surface area contributed by atoms with E-state index in [1.54, 1.807) is 25.3 Å². The first-order chi connectivity index (χ1) is 16.9. The average molecular weight is 485 g/mol. The minimum atomic E-state index is -0.801. The maximum absolute atomic E-state index is 13.4. The Bertz CT molecular complexity index is 1470. The maximum atomic E-state index is 13.4. The van der Waals surface area contributed by atoms with Crippen LogP contribution in [0.5, 0.6) is 5.75 Å². The molecular weight excluding hydrogens is 460 g/mol. The molecule has 1 N–H and O–H groups in total. The number of rotatable bonds is 5. The van der Waals surface area contributed by atoms with E-state index in [0.29, 0.717) is 22.0 Å². The lowest BCUT2D eigenvalue weighted by Crippen LogP contribution is -2.29. The number of Topliss-reactive ketones (excluding diaryl/α,β-unsaturated/α-hetero) is 1. The number of aromatic nitrogens is 1. The van der Waals surface area contributed by atoms with E-state index in [-0.39, 0.29) is 11.3 Å². The number of benzene rings is 3. The highest BCUT2D eigenvalue weighted by Crippen LogP contribution is 2.44. The van der Waals surface area contributed by atoms with E-state index in [0.717, 1.165) is 27.8 Å². The summed E-state index contributed by atoms with van der Waals surface area (Å²) in [5.41, 5.74) is 4.13. The Morgan fingerprint density at radius 3 is 2.43 bits per heavy atom. The van der Waals surface area contributed by atoms with Gasteiger partial charge in [-0.3, -0.25) is 14.5 Å². The lowest BCUT2D eigenvalue weighted by molar-refractivity contribution is -0.132. The number of ether oxygens (including phenoxy) is 1. The number of aliphatic hydroxyl groups excluding tert-OH is 1. The third-order valence-electron chi connectivity index (χ3n) is 6.26. The maximum Gasteiger partial charge on any atom is 0.301 e. The zero-order valence-electron chi connectivity index (χ0n) is 19.6. The molecule has 7 heteroatoms. The largest absolute Gasteiger partial charge is 0.507 e. The summed E-state index contributed by atoms with van der Waals surface area (Å²) in [7, 11) is 1.59. The standard InChI is InChI=1S/C28H24N2O4S/c1-4-17-7-11-18(12-8-17)24-23(25(31)19-9-5-16(2)6-10-19)26(32)27(33)30(24)28-29-21-14-13-20(34-3)15-22(21)35-28/h5-15,24,31H,4H2,1-3H3. The first-order valence-corrected chi connectivity index (χ1v) is 12.1. The number of aliphatic hydroxyl groups is 1. The molecule has 1 fully saturated rings. The number of thiazole rings is 1. The number of methoxy groups -OCH3 is 1. The molecule has 6 nitrogen and oxygen atoms in total. The van der Waals surface area contributed by atoms with Gasteiger partial charge in [0.2, 0.25) is 0 Å². The molecule has 2 heterocycles. The molecular formula is C28H24N2O4S. The molecule has 1 amide bonds. The second-order valence-electron chi connectivity index (χ2n) is 8.46. The van der Waals surface area contributed by atoms with E-state index < -0.39 is 17.7 Å². The van der Waals surface area contributed by atoms with Crippen molar-refractivity contribution in [2.24, 2.45) is 0 Å². The quantitative estimate of drug-likeness (QED) is 0.220. The summed E-state index contributed by atoms with van der Waals surface area (Å²) in [6.07, 6.45) is 0.865. The van der Waals surface area contributed by atoms with Crippen LogP contribution in [0.1, 0.15) is 35.2 Å². The van der Waals surface area contributed by atoms with Gasteiger partial charge in [0, 0.05) is 5.56 Å². The summed E-state index contributed by atoms with van der Waals surface area (Å²) in [6, 6.07) is 19.7. The lowest BCUT2D eigenvalue weighted by Gasteiger charge is -2.23. The SMILES string of the molecule is CCc1ccc(C2C(=C(O)c3ccc(C)cc3)C(=O)C(=O)N2c2nc3ccc(OC)cc3s2)cc1. The van der Waals surface area contributed by atoms with Crippen molar-refractivity contribution < 1.29 is 19.4 Å². The molecule has 4 aromatic rings. The number of anilines is 1. The summed E-state index contributed by atoms with van der Waals surface area (Å²) >= 11 is 1.30. The van der Waals surface area contributed by atoms with E-state index in [2.05, 4.69) is 11.9 Å². The van der Waals surface area contributed by atoms with Gasteiger partial charge in [-0.1, -0.05) is 72.4 Å². The predicted octanol–water partition coefficient (Wildman–Crippen LogP) is 5.80. The van der Waals surface area contributed by atoms with Gasteiger partial charge in [-0.2, -0.15) is 0 Å². The van der Waals surface area contributed by atoms with Gasteiger partial charge in [0.25, 0.3) is 5.78 Å². The number of nitrogens with zero attached hydrogens (tertiary/aromatic N) is 2. The van der Waals surface area contributed by atoms with E-state index in [4.69, 9.17) is 4.74 Å². The molecule has 1 aliphatic rings. The Labute approximate surface area is 207 Å². The zero-order chi connectivity index (χ0) is 24.7. The van der Waals surface area contributed by atoms with Gasteiger partial charge in [0.15, 0.2) is 5.13 Å². The Hall–Kier alpha value is -3.97. The monoisotopic (exact) mass is 484 g/mol. The lowest BCUT2D eigenvalue weighted by atomic mass is 9.94. The van der Waals surface area contributed by atoms with Crippen LogP contribution in [0.2, 0.25) is 0 Å². The van der Waals surface area contributed by atoms with Crippen LogP contribution in [0.25, 0.3) is 16.0 Å².